The van der Waals surface area contributed by atoms with E-state index in [0.29, 0.717) is 5.75 Å². The molecule has 0 fully saturated rings. The summed E-state index contributed by atoms with van der Waals surface area (Å²) in [4.78, 5) is 21.8. The third-order valence-corrected chi connectivity index (χ3v) is 2.38. The van der Waals surface area contributed by atoms with Gasteiger partial charge >= 0.3 is 5.97 Å². The second kappa shape index (κ2) is 6.61. The number of carboxylic acid groups (broad SMARTS) is 1. The number of nitrogens with one attached hydrogen (secondary N) is 1. The van der Waals surface area contributed by atoms with E-state index in [-0.39, 0.29) is 6.42 Å². The number of benzene rings is 1. The van der Waals surface area contributed by atoms with E-state index >= 15 is 0 Å². The number of carbonyl (C=O) groups excluding carboxylic acids is 1. The number of carboxylic acids is 1. The first-order valence-electron chi connectivity index (χ1n) is 5.41. The zero-order chi connectivity index (χ0) is 13.5. The molecule has 1 aromatic carbocycles. The van der Waals surface area contributed by atoms with Crippen LogP contribution in [0.25, 0.3) is 0 Å². The van der Waals surface area contributed by atoms with Crippen molar-refractivity contribution in [3.05, 3.63) is 29.8 Å². The summed E-state index contributed by atoms with van der Waals surface area (Å²) in [5.41, 5.74) is 6.50. The Labute approximate surface area is 105 Å². The van der Waals surface area contributed by atoms with E-state index in [1.165, 1.54) is 7.11 Å². The van der Waals surface area contributed by atoms with Gasteiger partial charge < -0.3 is 20.9 Å². The molecule has 0 unspecified atom stereocenters. The molecule has 0 aromatic heterocycles. The maximum atomic E-state index is 11.5. The summed E-state index contributed by atoms with van der Waals surface area (Å²) in [7, 11) is 1.54. The van der Waals surface area contributed by atoms with Crippen molar-refractivity contribution in [1.29, 1.82) is 0 Å². The molecule has 1 amide bonds. The lowest BCUT2D eigenvalue weighted by atomic mass is 10.0. The number of carbonyl (C=O) groups is 2. The standard InChI is InChI=1S/C12H16N2O4/c1-18-10-5-3-2-4-8(10)6-9(13)12(17)14-7-11(15)16/h2-5,9H,6-7,13H2,1H3,(H,14,17)(H,15,16)/t9-/m1/s1. The number of aliphatic carboxylic acids is 1. The van der Waals surface area contributed by atoms with Gasteiger partial charge in [-0.15, -0.1) is 0 Å². The Kier molecular flexibility index (Phi) is 5.13. The van der Waals surface area contributed by atoms with Crippen LogP contribution in [0, 0.1) is 0 Å². The number of hydrogen-bond donors (Lipinski definition) is 3. The molecule has 1 aromatic rings. The summed E-state index contributed by atoms with van der Waals surface area (Å²) >= 11 is 0. The van der Waals surface area contributed by atoms with Gasteiger partial charge in [-0.1, -0.05) is 18.2 Å². The number of methoxy groups -OCH3 is 1. The van der Waals surface area contributed by atoms with E-state index in [1.54, 1.807) is 6.07 Å². The van der Waals surface area contributed by atoms with Gasteiger partial charge in [-0.2, -0.15) is 0 Å². The first-order valence-corrected chi connectivity index (χ1v) is 5.41. The topological polar surface area (TPSA) is 102 Å². The highest BCUT2D eigenvalue weighted by atomic mass is 16.5. The minimum absolute atomic E-state index is 0.287. The Hall–Kier alpha value is -2.08. The van der Waals surface area contributed by atoms with Crippen LogP contribution in [0.1, 0.15) is 5.56 Å². The number of amides is 1. The Morgan fingerprint density at radius 1 is 1.44 bits per heavy atom. The van der Waals surface area contributed by atoms with Crippen LogP contribution in [0.2, 0.25) is 0 Å². The van der Waals surface area contributed by atoms with Crippen molar-refractivity contribution in [2.24, 2.45) is 5.73 Å². The lowest BCUT2D eigenvalue weighted by Crippen LogP contribution is -2.43. The van der Waals surface area contributed by atoms with Gasteiger partial charge in [0.15, 0.2) is 0 Å². The fourth-order valence-electron chi connectivity index (χ4n) is 1.50. The molecule has 6 nitrogen and oxygen atoms in total. The van der Waals surface area contributed by atoms with Gasteiger partial charge in [0.25, 0.3) is 0 Å². The number of rotatable bonds is 6. The van der Waals surface area contributed by atoms with Crippen molar-refractivity contribution in [1.82, 2.24) is 5.32 Å². The predicted octanol–water partition coefficient (Wildman–Crippen LogP) is -0.234. The van der Waals surface area contributed by atoms with Crippen molar-refractivity contribution >= 4 is 11.9 Å². The molecular weight excluding hydrogens is 236 g/mol. The second-order valence-corrected chi connectivity index (χ2v) is 3.73. The van der Waals surface area contributed by atoms with Crippen molar-refractivity contribution < 1.29 is 19.4 Å². The molecule has 0 saturated heterocycles. The van der Waals surface area contributed by atoms with E-state index in [1.807, 2.05) is 18.2 Å². The quantitative estimate of drug-likeness (QED) is 0.649. The first-order chi connectivity index (χ1) is 8.54. The zero-order valence-electron chi connectivity index (χ0n) is 10.1. The van der Waals surface area contributed by atoms with Crippen LogP contribution in [0.4, 0.5) is 0 Å². The average molecular weight is 252 g/mol. The molecule has 0 spiro atoms. The third kappa shape index (κ3) is 4.06. The summed E-state index contributed by atoms with van der Waals surface area (Å²) in [6, 6.07) is 6.42. The molecule has 0 radical (unpaired) electrons. The van der Waals surface area contributed by atoms with E-state index in [0.717, 1.165) is 5.56 Å². The Morgan fingerprint density at radius 3 is 2.72 bits per heavy atom. The lowest BCUT2D eigenvalue weighted by molar-refractivity contribution is -0.138. The van der Waals surface area contributed by atoms with E-state index in [4.69, 9.17) is 15.6 Å². The van der Waals surface area contributed by atoms with Crippen LogP contribution in [0.5, 0.6) is 5.75 Å². The molecule has 0 saturated carbocycles. The zero-order valence-corrected chi connectivity index (χ0v) is 10.1. The molecule has 18 heavy (non-hydrogen) atoms. The molecule has 4 N–H and O–H groups in total. The first kappa shape index (κ1) is 14.0. The molecule has 6 heteroatoms. The van der Waals surface area contributed by atoms with Gasteiger partial charge in [0.05, 0.1) is 13.2 Å². The van der Waals surface area contributed by atoms with Crippen LogP contribution in [0.15, 0.2) is 24.3 Å². The van der Waals surface area contributed by atoms with Crippen LogP contribution >= 0.6 is 0 Å². The maximum Gasteiger partial charge on any atom is 0.322 e. The van der Waals surface area contributed by atoms with Gasteiger partial charge in [0, 0.05) is 6.42 Å². The third-order valence-electron chi connectivity index (χ3n) is 2.38. The van der Waals surface area contributed by atoms with Crippen LogP contribution in [0.3, 0.4) is 0 Å². The highest BCUT2D eigenvalue weighted by Gasteiger charge is 2.16. The fourth-order valence-corrected chi connectivity index (χ4v) is 1.50. The molecule has 0 aliphatic carbocycles. The monoisotopic (exact) mass is 252 g/mol. The van der Waals surface area contributed by atoms with Crippen LogP contribution < -0.4 is 15.8 Å². The van der Waals surface area contributed by atoms with Gasteiger partial charge in [0.2, 0.25) is 5.91 Å². The molecule has 0 bridgehead atoms. The smallest absolute Gasteiger partial charge is 0.322 e. The lowest BCUT2D eigenvalue weighted by Gasteiger charge is -2.13. The Morgan fingerprint density at radius 2 is 2.11 bits per heavy atom. The van der Waals surface area contributed by atoms with Crippen LogP contribution in [-0.4, -0.2) is 36.7 Å². The van der Waals surface area contributed by atoms with E-state index < -0.39 is 24.5 Å². The van der Waals surface area contributed by atoms with Crippen LogP contribution in [-0.2, 0) is 16.0 Å². The van der Waals surface area contributed by atoms with Gasteiger partial charge in [0.1, 0.15) is 12.3 Å². The van der Waals surface area contributed by atoms with Crippen molar-refractivity contribution in [3.8, 4) is 5.75 Å². The summed E-state index contributed by atoms with van der Waals surface area (Å²) in [5, 5.41) is 10.7. The average Bonchev–Trinajstić information content (AvgIpc) is 2.36. The molecule has 0 heterocycles. The summed E-state index contributed by atoms with van der Waals surface area (Å²) < 4.78 is 5.14. The molecule has 0 aliphatic heterocycles. The number of hydrogen-bond acceptors (Lipinski definition) is 4. The van der Waals surface area contributed by atoms with E-state index in [9.17, 15) is 9.59 Å². The number of para-hydroxylation sites is 1. The summed E-state index contributed by atoms with van der Waals surface area (Å²) in [6.45, 7) is -0.432. The van der Waals surface area contributed by atoms with Crippen molar-refractivity contribution in [2.75, 3.05) is 13.7 Å². The van der Waals surface area contributed by atoms with Crippen molar-refractivity contribution in [3.63, 3.8) is 0 Å². The second-order valence-electron chi connectivity index (χ2n) is 3.73. The van der Waals surface area contributed by atoms with E-state index in [2.05, 4.69) is 5.32 Å². The highest BCUT2D eigenvalue weighted by molar-refractivity contribution is 5.85. The maximum absolute atomic E-state index is 11.5. The Bertz CT molecular complexity index is 434. The molecule has 0 aliphatic rings. The molecular formula is C12H16N2O4. The van der Waals surface area contributed by atoms with Gasteiger partial charge in [-0.25, -0.2) is 0 Å². The van der Waals surface area contributed by atoms with Gasteiger partial charge in [-0.3, -0.25) is 9.59 Å². The minimum atomic E-state index is -1.10. The Balaban J connectivity index is 2.60. The van der Waals surface area contributed by atoms with Gasteiger partial charge in [-0.05, 0) is 11.6 Å². The molecule has 1 rings (SSSR count). The SMILES string of the molecule is COc1ccccc1C[C@@H](N)C(=O)NCC(=O)O. The number of nitrogens with two attached hydrogens (primary N) is 1. The summed E-state index contributed by atoms with van der Waals surface area (Å²) in [6.07, 6.45) is 0.287. The normalized spacial score (nSPS) is 11.7. The molecule has 1 atom stereocenters. The fraction of sp³-hybridized carbons (Fsp3) is 0.333. The predicted molar refractivity (Wildman–Crippen MR) is 65.3 cm³/mol. The minimum Gasteiger partial charge on any atom is -0.496 e. The van der Waals surface area contributed by atoms with Crippen molar-refractivity contribution in [2.45, 2.75) is 12.5 Å². The highest BCUT2D eigenvalue weighted by Crippen LogP contribution is 2.18. The largest absolute Gasteiger partial charge is 0.496 e. The molecule has 98 valence electrons. The summed E-state index contributed by atoms with van der Waals surface area (Å²) in [5.74, 6) is -0.949. The number of ether oxygens (including phenoxy) is 1.